The van der Waals surface area contributed by atoms with Gasteiger partial charge in [0.25, 0.3) is 0 Å². The number of anilines is 2. The third-order valence-corrected chi connectivity index (χ3v) is 5.68. The van der Waals surface area contributed by atoms with Gasteiger partial charge >= 0.3 is 0 Å². The van der Waals surface area contributed by atoms with E-state index in [9.17, 15) is 9.00 Å². The minimum Gasteiger partial charge on any atom is -0.491 e. The molecule has 0 aliphatic rings. The molecule has 1 heterocycles. The van der Waals surface area contributed by atoms with Gasteiger partial charge in [0.1, 0.15) is 11.3 Å². The van der Waals surface area contributed by atoms with E-state index >= 15 is 0 Å². The number of carbonyl (C=O) groups is 1. The molecular formula is C24H28N2O3S. The van der Waals surface area contributed by atoms with E-state index in [1.165, 1.54) is 0 Å². The molecule has 1 unspecified atom stereocenters. The Hall–Kier alpha value is -2.73. The van der Waals surface area contributed by atoms with Crippen LogP contribution in [0.2, 0.25) is 0 Å². The molecule has 0 aliphatic carbocycles. The van der Waals surface area contributed by atoms with Crippen LogP contribution in [0.25, 0.3) is 10.9 Å². The molecule has 158 valence electrons. The molecule has 0 radical (unpaired) electrons. The summed E-state index contributed by atoms with van der Waals surface area (Å²) in [6, 6.07) is 15.6. The summed E-state index contributed by atoms with van der Waals surface area (Å²) in [7, 11) is -0.819. The summed E-state index contributed by atoms with van der Waals surface area (Å²) in [6.07, 6.45) is 5.40. The van der Waals surface area contributed by atoms with Gasteiger partial charge in [-0.2, -0.15) is 0 Å². The van der Waals surface area contributed by atoms with E-state index in [1.54, 1.807) is 17.4 Å². The van der Waals surface area contributed by atoms with E-state index < -0.39 is 10.8 Å². The first-order valence-corrected chi connectivity index (χ1v) is 11.9. The summed E-state index contributed by atoms with van der Waals surface area (Å²) < 4.78 is 17.1. The molecule has 5 nitrogen and oxygen atoms in total. The minimum absolute atomic E-state index is 0.0490. The van der Waals surface area contributed by atoms with Gasteiger partial charge in [0, 0.05) is 34.6 Å². The Morgan fingerprint density at radius 2 is 1.97 bits per heavy atom. The Kier molecular flexibility index (Phi) is 7.57. The van der Waals surface area contributed by atoms with Gasteiger partial charge in [-0.1, -0.05) is 37.3 Å². The summed E-state index contributed by atoms with van der Waals surface area (Å²) in [4.78, 5) is 19.4. The van der Waals surface area contributed by atoms with Crippen LogP contribution in [0.4, 0.5) is 11.4 Å². The van der Waals surface area contributed by atoms with Gasteiger partial charge in [-0.3, -0.25) is 18.9 Å². The second-order valence-corrected chi connectivity index (χ2v) is 8.82. The predicted octanol–water partition coefficient (Wildman–Crippen LogP) is 5.16. The average Bonchev–Trinajstić information content (AvgIpc) is 2.73. The Balaban J connectivity index is 1.95. The van der Waals surface area contributed by atoms with Crippen LogP contribution in [0, 0.1) is 6.92 Å². The van der Waals surface area contributed by atoms with Crippen molar-refractivity contribution in [2.75, 3.05) is 23.5 Å². The van der Waals surface area contributed by atoms with Crippen LogP contribution in [0.3, 0.4) is 0 Å². The monoisotopic (exact) mass is 424 g/mol. The van der Waals surface area contributed by atoms with Crippen molar-refractivity contribution < 1.29 is 13.7 Å². The Bertz CT molecular complexity index is 1050. The highest BCUT2D eigenvalue weighted by molar-refractivity contribution is 7.84. The fraction of sp³-hybridized carbons (Fsp3) is 0.333. The molecule has 0 aliphatic heterocycles. The zero-order valence-corrected chi connectivity index (χ0v) is 18.6. The summed E-state index contributed by atoms with van der Waals surface area (Å²) in [6.45, 7) is 4.50. The first kappa shape index (κ1) is 22.0. The number of benzene rings is 2. The van der Waals surface area contributed by atoms with Crippen molar-refractivity contribution in [3.8, 4) is 5.75 Å². The molecule has 3 rings (SSSR count). The summed E-state index contributed by atoms with van der Waals surface area (Å²) in [5.41, 5.74) is 3.41. The molecule has 6 heteroatoms. The quantitative estimate of drug-likeness (QED) is 0.446. The fourth-order valence-electron chi connectivity index (χ4n) is 3.36. The van der Waals surface area contributed by atoms with Crippen LogP contribution in [0.15, 0.2) is 54.7 Å². The van der Waals surface area contributed by atoms with E-state index in [2.05, 4.69) is 4.98 Å². The number of rotatable bonds is 9. The first-order chi connectivity index (χ1) is 14.5. The zero-order valence-electron chi connectivity index (χ0n) is 17.8. The van der Waals surface area contributed by atoms with Crippen LogP contribution in [-0.2, 0) is 15.6 Å². The molecular weight excluding hydrogens is 396 g/mol. The Labute approximate surface area is 180 Å². The molecule has 1 amide bonds. The number of hydrogen-bond acceptors (Lipinski definition) is 4. The summed E-state index contributed by atoms with van der Waals surface area (Å²) >= 11 is 0. The van der Waals surface area contributed by atoms with Crippen molar-refractivity contribution in [2.45, 2.75) is 33.1 Å². The zero-order chi connectivity index (χ0) is 21.5. The fourth-order valence-corrected chi connectivity index (χ4v) is 3.89. The molecule has 3 aromatic rings. The van der Waals surface area contributed by atoms with Gasteiger partial charge in [-0.25, -0.2) is 0 Å². The molecule has 30 heavy (non-hydrogen) atoms. The van der Waals surface area contributed by atoms with Crippen LogP contribution in [0.5, 0.6) is 5.75 Å². The lowest BCUT2D eigenvalue weighted by molar-refractivity contribution is -0.117. The maximum Gasteiger partial charge on any atom is 0.231 e. The van der Waals surface area contributed by atoms with E-state index in [1.807, 2.05) is 62.4 Å². The van der Waals surface area contributed by atoms with Crippen LogP contribution in [-0.4, -0.2) is 33.7 Å². The lowest BCUT2D eigenvalue weighted by atomic mass is 10.1. The first-order valence-electron chi connectivity index (χ1n) is 10.2. The normalized spacial score (nSPS) is 12.0. The molecule has 0 saturated carbocycles. The summed E-state index contributed by atoms with van der Waals surface area (Å²) in [5, 5.41) is 0.909. The van der Waals surface area contributed by atoms with E-state index in [0.29, 0.717) is 24.5 Å². The third-order valence-electron chi connectivity index (χ3n) is 4.82. The number of fused-ring (bicyclic) bond motifs is 1. The largest absolute Gasteiger partial charge is 0.491 e. The topological polar surface area (TPSA) is 59.5 Å². The molecule has 1 atom stereocenters. The van der Waals surface area contributed by atoms with Crippen LogP contribution in [0.1, 0.15) is 31.7 Å². The molecule has 0 spiro atoms. The van der Waals surface area contributed by atoms with Crippen molar-refractivity contribution in [3.05, 3.63) is 60.3 Å². The number of amides is 1. The summed E-state index contributed by atoms with van der Waals surface area (Å²) in [5.74, 6) is 1.36. The number of para-hydroxylation sites is 2. The maximum absolute atomic E-state index is 13.0. The van der Waals surface area contributed by atoms with Crippen molar-refractivity contribution in [1.29, 1.82) is 0 Å². The number of carbonyl (C=O) groups excluding carboxylic acids is 1. The SMILES string of the molecule is CCCC(=O)N(c1cnc2c(OCCCS(C)=O)cccc2c1)c1ccccc1C. The highest BCUT2D eigenvalue weighted by Crippen LogP contribution is 2.33. The van der Waals surface area contributed by atoms with Gasteiger partial charge in [-0.05, 0) is 43.5 Å². The second-order valence-electron chi connectivity index (χ2n) is 7.27. The van der Waals surface area contributed by atoms with Gasteiger partial charge < -0.3 is 4.74 Å². The highest BCUT2D eigenvalue weighted by Gasteiger charge is 2.20. The number of aryl methyl sites for hydroxylation is 1. The third kappa shape index (κ3) is 5.25. The molecule has 0 N–H and O–H groups in total. The standard InChI is InChI=1S/C24H28N2O3S/c1-4-9-23(27)26(21-12-6-5-10-18(21)2)20-16-19-11-7-13-22(24(19)25-17-20)29-14-8-15-30(3)28/h5-7,10-13,16-17H,4,8-9,14-15H2,1-3H3. The van der Waals surface area contributed by atoms with Crippen molar-refractivity contribution in [1.82, 2.24) is 4.98 Å². The van der Waals surface area contributed by atoms with Crippen LogP contribution < -0.4 is 9.64 Å². The highest BCUT2D eigenvalue weighted by atomic mass is 32.2. The molecule has 2 aromatic carbocycles. The number of aromatic nitrogens is 1. The minimum atomic E-state index is -0.819. The van der Waals surface area contributed by atoms with Crippen molar-refractivity contribution in [2.24, 2.45) is 0 Å². The predicted molar refractivity (Wildman–Crippen MR) is 124 cm³/mol. The molecule has 0 bridgehead atoms. The lowest BCUT2D eigenvalue weighted by Gasteiger charge is -2.25. The van der Waals surface area contributed by atoms with Gasteiger partial charge in [-0.15, -0.1) is 0 Å². The Morgan fingerprint density at radius 1 is 1.17 bits per heavy atom. The second kappa shape index (κ2) is 10.3. The Morgan fingerprint density at radius 3 is 2.70 bits per heavy atom. The maximum atomic E-state index is 13.0. The van der Waals surface area contributed by atoms with Crippen LogP contribution >= 0.6 is 0 Å². The number of ether oxygens (including phenoxy) is 1. The molecule has 1 aromatic heterocycles. The smallest absolute Gasteiger partial charge is 0.231 e. The number of nitrogens with zero attached hydrogens (tertiary/aromatic N) is 2. The average molecular weight is 425 g/mol. The van der Waals surface area contributed by atoms with Gasteiger partial charge in [0.2, 0.25) is 5.91 Å². The van der Waals surface area contributed by atoms with E-state index in [0.717, 1.165) is 40.7 Å². The van der Waals surface area contributed by atoms with Gasteiger partial charge in [0.15, 0.2) is 0 Å². The van der Waals surface area contributed by atoms with E-state index in [4.69, 9.17) is 4.74 Å². The van der Waals surface area contributed by atoms with Crippen molar-refractivity contribution in [3.63, 3.8) is 0 Å². The number of pyridine rings is 1. The molecule has 0 saturated heterocycles. The van der Waals surface area contributed by atoms with Gasteiger partial charge in [0.05, 0.1) is 24.2 Å². The lowest BCUT2D eigenvalue weighted by Crippen LogP contribution is -2.26. The van der Waals surface area contributed by atoms with E-state index in [-0.39, 0.29) is 5.91 Å². The molecule has 0 fully saturated rings. The van der Waals surface area contributed by atoms with Crippen molar-refractivity contribution >= 4 is 39.0 Å². The number of hydrogen-bond donors (Lipinski definition) is 0.